The molecule has 0 amide bonds. The molecule has 0 fully saturated rings. The quantitative estimate of drug-likeness (QED) is 0.391. The number of imidazole rings is 1. The second-order valence-corrected chi connectivity index (χ2v) is 4.85. The second kappa shape index (κ2) is 11.1. The van der Waals surface area contributed by atoms with E-state index in [1.54, 1.807) is 7.05 Å². The first-order valence-corrected chi connectivity index (χ1v) is 7.78. The number of nitrogens with one attached hydrogen (secondary N) is 2. The van der Waals surface area contributed by atoms with Gasteiger partial charge in [-0.05, 0) is 33.1 Å². The van der Waals surface area contributed by atoms with Crippen LogP contribution in [0.15, 0.2) is 17.4 Å². The third kappa shape index (κ3) is 7.70. The van der Waals surface area contributed by atoms with E-state index in [0.29, 0.717) is 0 Å². The Kier molecular flexibility index (Phi) is 9.28. The van der Waals surface area contributed by atoms with E-state index in [1.807, 2.05) is 26.2 Å². The van der Waals surface area contributed by atoms with Gasteiger partial charge in [-0.3, -0.25) is 4.99 Å². The minimum atomic E-state index is 0.781. The Bertz CT molecular complexity index is 403. The molecule has 0 saturated heterocycles. The highest BCUT2D eigenvalue weighted by atomic mass is 16.5. The van der Waals surface area contributed by atoms with Gasteiger partial charge in [0, 0.05) is 52.3 Å². The molecule has 21 heavy (non-hydrogen) atoms. The monoisotopic (exact) mass is 295 g/mol. The maximum atomic E-state index is 5.30. The number of unbranched alkanes of at least 4 members (excludes halogenated alkanes) is 1. The summed E-state index contributed by atoms with van der Waals surface area (Å²) in [4.78, 5) is 8.43. The largest absolute Gasteiger partial charge is 0.382 e. The minimum absolute atomic E-state index is 0.781. The zero-order valence-corrected chi connectivity index (χ0v) is 13.6. The van der Waals surface area contributed by atoms with Crippen LogP contribution in [0.2, 0.25) is 0 Å². The Morgan fingerprint density at radius 1 is 1.29 bits per heavy atom. The van der Waals surface area contributed by atoms with E-state index in [1.165, 1.54) is 0 Å². The Morgan fingerprint density at radius 3 is 2.67 bits per heavy atom. The molecule has 1 aromatic heterocycles. The molecule has 0 atom stereocenters. The summed E-state index contributed by atoms with van der Waals surface area (Å²) in [6.45, 7) is 8.46. The van der Waals surface area contributed by atoms with Gasteiger partial charge in [-0.1, -0.05) is 0 Å². The van der Waals surface area contributed by atoms with E-state index in [-0.39, 0.29) is 0 Å². The van der Waals surface area contributed by atoms with E-state index in [4.69, 9.17) is 4.74 Å². The highest BCUT2D eigenvalue weighted by Gasteiger charge is 1.98. The maximum absolute atomic E-state index is 5.30. The lowest BCUT2D eigenvalue weighted by Gasteiger charge is -2.12. The van der Waals surface area contributed by atoms with Crippen molar-refractivity contribution in [3.8, 4) is 0 Å². The third-order valence-electron chi connectivity index (χ3n) is 3.23. The van der Waals surface area contributed by atoms with Crippen molar-refractivity contribution in [2.24, 2.45) is 4.99 Å². The van der Waals surface area contributed by atoms with Gasteiger partial charge in [0.1, 0.15) is 5.82 Å². The molecule has 1 aromatic rings. The first kappa shape index (κ1) is 17.5. The summed E-state index contributed by atoms with van der Waals surface area (Å²) in [5, 5.41) is 6.61. The van der Waals surface area contributed by atoms with E-state index < -0.39 is 0 Å². The van der Waals surface area contributed by atoms with Gasteiger partial charge in [-0.25, -0.2) is 4.98 Å². The molecule has 0 unspecified atom stereocenters. The highest BCUT2D eigenvalue weighted by Crippen LogP contribution is 1.99. The molecular weight excluding hydrogens is 266 g/mol. The number of aromatic nitrogens is 2. The number of nitrogens with zero attached hydrogens (tertiary/aromatic N) is 3. The molecule has 1 heterocycles. The third-order valence-corrected chi connectivity index (χ3v) is 3.23. The standard InChI is InChI=1S/C15H29N5O/c1-4-21-13-7-9-19-15(16-3)18-8-5-6-11-20-12-10-17-14(20)2/h10,12H,4-9,11,13H2,1-3H3,(H2,16,18,19). The Hall–Kier alpha value is -1.56. The molecule has 0 aromatic carbocycles. The molecule has 0 aliphatic heterocycles. The summed E-state index contributed by atoms with van der Waals surface area (Å²) < 4.78 is 7.48. The van der Waals surface area contributed by atoms with Gasteiger partial charge in [0.15, 0.2) is 5.96 Å². The van der Waals surface area contributed by atoms with Gasteiger partial charge in [0.25, 0.3) is 0 Å². The first-order valence-electron chi connectivity index (χ1n) is 7.78. The fourth-order valence-corrected chi connectivity index (χ4v) is 2.00. The SMILES string of the molecule is CCOCCCNC(=NC)NCCCCn1ccnc1C. The number of guanidine groups is 1. The first-order chi connectivity index (χ1) is 10.3. The zero-order valence-electron chi connectivity index (χ0n) is 13.6. The molecule has 0 spiro atoms. The average Bonchev–Trinajstić information content (AvgIpc) is 2.90. The van der Waals surface area contributed by atoms with Crippen LogP contribution in [0.25, 0.3) is 0 Å². The number of aliphatic imine (C=N–C) groups is 1. The Morgan fingerprint density at radius 2 is 2.05 bits per heavy atom. The van der Waals surface area contributed by atoms with Gasteiger partial charge in [-0.2, -0.15) is 0 Å². The van der Waals surface area contributed by atoms with Gasteiger partial charge in [-0.15, -0.1) is 0 Å². The lowest BCUT2D eigenvalue weighted by Crippen LogP contribution is -2.38. The van der Waals surface area contributed by atoms with E-state index >= 15 is 0 Å². The van der Waals surface area contributed by atoms with Crippen LogP contribution in [-0.2, 0) is 11.3 Å². The van der Waals surface area contributed by atoms with Gasteiger partial charge >= 0.3 is 0 Å². The van der Waals surface area contributed by atoms with E-state index in [2.05, 4.69) is 25.2 Å². The predicted octanol–water partition coefficient (Wildman–Crippen LogP) is 1.56. The van der Waals surface area contributed by atoms with Gasteiger partial charge in [0.05, 0.1) is 0 Å². The van der Waals surface area contributed by atoms with Crippen LogP contribution in [0, 0.1) is 6.92 Å². The second-order valence-electron chi connectivity index (χ2n) is 4.85. The Labute approximate surface area is 128 Å². The molecular formula is C15H29N5O. The van der Waals surface area contributed by atoms with Crippen molar-refractivity contribution in [2.45, 2.75) is 39.7 Å². The summed E-state index contributed by atoms with van der Waals surface area (Å²) in [6.07, 6.45) is 7.11. The molecule has 6 nitrogen and oxygen atoms in total. The lowest BCUT2D eigenvalue weighted by molar-refractivity contribution is 0.145. The normalized spacial score (nSPS) is 11.7. The number of hydrogen-bond acceptors (Lipinski definition) is 3. The van der Waals surface area contributed by atoms with E-state index in [9.17, 15) is 0 Å². The summed E-state index contributed by atoms with van der Waals surface area (Å²) >= 11 is 0. The molecule has 2 N–H and O–H groups in total. The van der Waals surface area contributed by atoms with Crippen LogP contribution in [0.4, 0.5) is 0 Å². The minimum Gasteiger partial charge on any atom is -0.382 e. The maximum Gasteiger partial charge on any atom is 0.190 e. The molecule has 120 valence electrons. The van der Waals surface area contributed by atoms with Crippen LogP contribution in [0.3, 0.4) is 0 Å². The predicted molar refractivity (Wildman–Crippen MR) is 86.7 cm³/mol. The summed E-state index contributed by atoms with van der Waals surface area (Å²) in [7, 11) is 1.80. The van der Waals surface area contributed by atoms with Crippen LogP contribution in [0.1, 0.15) is 32.0 Å². The molecule has 0 saturated carbocycles. The molecule has 1 rings (SSSR count). The van der Waals surface area contributed by atoms with Crippen LogP contribution in [-0.4, -0.2) is 48.9 Å². The molecule has 0 bridgehead atoms. The van der Waals surface area contributed by atoms with Crippen molar-refractivity contribution in [3.05, 3.63) is 18.2 Å². The van der Waals surface area contributed by atoms with E-state index in [0.717, 1.165) is 63.9 Å². The van der Waals surface area contributed by atoms with Crippen LogP contribution in [0.5, 0.6) is 0 Å². The summed E-state index contributed by atoms with van der Waals surface area (Å²) in [5.41, 5.74) is 0. The fourth-order valence-electron chi connectivity index (χ4n) is 2.00. The fraction of sp³-hybridized carbons (Fsp3) is 0.733. The zero-order chi connectivity index (χ0) is 15.3. The summed E-state index contributed by atoms with van der Waals surface area (Å²) in [6, 6.07) is 0. The topological polar surface area (TPSA) is 63.5 Å². The lowest BCUT2D eigenvalue weighted by atomic mass is 10.3. The Balaban J connectivity index is 2.03. The van der Waals surface area contributed by atoms with Crippen molar-refractivity contribution in [2.75, 3.05) is 33.4 Å². The number of ether oxygens (including phenoxy) is 1. The van der Waals surface area contributed by atoms with Gasteiger partial charge in [0.2, 0.25) is 0 Å². The molecule has 0 aliphatic rings. The van der Waals surface area contributed by atoms with Crippen molar-refractivity contribution < 1.29 is 4.74 Å². The number of aryl methyl sites for hydroxylation is 2. The highest BCUT2D eigenvalue weighted by molar-refractivity contribution is 5.79. The number of rotatable bonds is 10. The van der Waals surface area contributed by atoms with Crippen molar-refractivity contribution in [1.82, 2.24) is 20.2 Å². The van der Waals surface area contributed by atoms with Crippen LogP contribution < -0.4 is 10.6 Å². The van der Waals surface area contributed by atoms with Crippen molar-refractivity contribution in [3.63, 3.8) is 0 Å². The van der Waals surface area contributed by atoms with Crippen LogP contribution >= 0.6 is 0 Å². The average molecular weight is 295 g/mol. The molecule has 0 aliphatic carbocycles. The van der Waals surface area contributed by atoms with Crippen molar-refractivity contribution in [1.29, 1.82) is 0 Å². The molecule has 6 heteroatoms. The van der Waals surface area contributed by atoms with Gasteiger partial charge < -0.3 is 19.9 Å². The molecule has 0 radical (unpaired) electrons. The summed E-state index contributed by atoms with van der Waals surface area (Å²) in [5.74, 6) is 1.94. The smallest absolute Gasteiger partial charge is 0.190 e. The van der Waals surface area contributed by atoms with Crippen molar-refractivity contribution >= 4 is 5.96 Å². The number of hydrogen-bond donors (Lipinski definition) is 2.